The third-order valence-corrected chi connectivity index (χ3v) is 3.11. The van der Waals surface area contributed by atoms with Crippen molar-refractivity contribution in [3.63, 3.8) is 0 Å². The molecule has 0 fully saturated rings. The second-order valence-electron chi connectivity index (χ2n) is 2.97. The maximum Gasteiger partial charge on any atom is 0.400 e. The molecular weight excluding hydrogens is 225 g/mol. The summed E-state index contributed by atoms with van der Waals surface area (Å²) in [5.41, 5.74) is 0. The highest BCUT2D eigenvalue weighted by Crippen LogP contribution is 2.36. The number of alkyl halides is 3. The van der Waals surface area contributed by atoms with Gasteiger partial charge in [0.25, 0.3) is 0 Å². The molecule has 1 aromatic rings. The van der Waals surface area contributed by atoms with Crippen LogP contribution in [0.1, 0.15) is 6.42 Å². The highest BCUT2D eigenvalue weighted by Gasteiger charge is 2.39. The van der Waals surface area contributed by atoms with E-state index in [0.717, 1.165) is 11.8 Å². The van der Waals surface area contributed by atoms with Crippen LogP contribution in [0.2, 0.25) is 0 Å². The van der Waals surface area contributed by atoms with Crippen molar-refractivity contribution in [3.8, 4) is 0 Å². The molecule has 1 rings (SSSR count). The number of halogens is 3. The van der Waals surface area contributed by atoms with Gasteiger partial charge in [-0.2, -0.15) is 13.2 Å². The SMILES string of the molecule is OCCC(Sc1ccccc1)C(F)(F)F. The van der Waals surface area contributed by atoms with Crippen molar-refractivity contribution in [1.29, 1.82) is 0 Å². The summed E-state index contributed by atoms with van der Waals surface area (Å²) in [6, 6.07) is 8.38. The Hall–Kier alpha value is -0.680. The highest BCUT2D eigenvalue weighted by atomic mass is 32.2. The minimum atomic E-state index is -4.27. The Kier molecular flexibility index (Phi) is 4.47. The lowest BCUT2D eigenvalue weighted by Gasteiger charge is -2.18. The molecule has 0 aliphatic carbocycles. The van der Waals surface area contributed by atoms with E-state index in [1.807, 2.05) is 0 Å². The van der Waals surface area contributed by atoms with E-state index < -0.39 is 18.0 Å². The first-order valence-corrected chi connectivity index (χ1v) is 5.31. The largest absolute Gasteiger partial charge is 0.400 e. The van der Waals surface area contributed by atoms with Crippen LogP contribution < -0.4 is 0 Å². The van der Waals surface area contributed by atoms with Crippen molar-refractivity contribution < 1.29 is 18.3 Å². The van der Waals surface area contributed by atoms with Gasteiger partial charge in [-0.3, -0.25) is 0 Å². The Labute approximate surface area is 90.3 Å². The maximum atomic E-state index is 12.5. The molecule has 0 aliphatic heterocycles. The first kappa shape index (κ1) is 12.4. The van der Waals surface area contributed by atoms with Gasteiger partial charge >= 0.3 is 6.18 Å². The zero-order chi connectivity index (χ0) is 11.3. The summed E-state index contributed by atoms with van der Waals surface area (Å²) in [6.45, 7) is -0.454. The summed E-state index contributed by atoms with van der Waals surface area (Å²) < 4.78 is 37.4. The minimum absolute atomic E-state index is 0.275. The van der Waals surface area contributed by atoms with E-state index in [-0.39, 0.29) is 6.42 Å². The van der Waals surface area contributed by atoms with Crippen LogP contribution in [0, 0.1) is 0 Å². The maximum absolute atomic E-state index is 12.5. The summed E-state index contributed by atoms with van der Waals surface area (Å²) in [4.78, 5) is 0.563. The molecule has 84 valence electrons. The molecule has 0 amide bonds. The topological polar surface area (TPSA) is 20.2 Å². The Bertz CT molecular complexity index is 286. The second-order valence-corrected chi connectivity index (χ2v) is 4.25. The van der Waals surface area contributed by atoms with Gasteiger partial charge in [-0.15, -0.1) is 11.8 Å². The summed E-state index contributed by atoms with van der Waals surface area (Å²) in [5, 5.41) is 7.03. The Morgan fingerprint density at radius 1 is 1.20 bits per heavy atom. The van der Waals surface area contributed by atoms with Crippen molar-refractivity contribution in [3.05, 3.63) is 30.3 Å². The van der Waals surface area contributed by atoms with E-state index in [1.54, 1.807) is 30.3 Å². The predicted molar refractivity (Wildman–Crippen MR) is 53.8 cm³/mol. The number of benzene rings is 1. The van der Waals surface area contributed by atoms with E-state index in [9.17, 15) is 13.2 Å². The molecule has 0 spiro atoms. The molecule has 1 N–H and O–H groups in total. The standard InChI is InChI=1S/C10H11F3OS/c11-10(12,13)9(6-7-14)15-8-4-2-1-3-5-8/h1-5,9,14H,6-7H2. The first-order valence-electron chi connectivity index (χ1n) is 4.43. The molecule has 0 saturated heterocycles. The molecule has 0 bridgehead atoms. The van der Waals surface area contributed by atoms with Crippen LogP contribution in [0.3, 0.4) is 0 Å². The molecule has 0 aliphatic rings. The number of hydrogen-bond donors (Lipinski definition) is 1. The van der Waals surface area contributed by atoms with Crippen LogP contribution in [0.4, 0.5) is 13.2 Å². The van der Waals surface area contributed by atoms with E-state index in [0.29, 0.717) is 4.90 Å². The van der Waals surface area contributed by atoms with E-state index in [4.69, 9.17) is 5.11 Å². The summed E-state index contributed by atoms with van der Waals surface area (Å²) in [5.74, 6) is 0. The molecule has 1 nitrogen and oxygen atoms in total. The summed E-state index contributed by atoms with van der Waals surface area (Å²) >= 11 is 0.735. The fraction of sp³-hybridized carbons (Fsp3) is 0.400. The molecule has 15 heavy (non-hydrogen) atoms. The average Bonchev–Trinajstić information content (AvgIpc) is 2.17. The van der Waals surface area contributed by atoms with Gasteiger partial charge in [0.15, 0.2) is 0 Å². The average molecular weight is 236 g/mol. The Morgan fingerprint density at radius 2 is 1.80 bits per heavy atom. The monoisotopic (exact) mass is 236 g/mol. The fourth-order valence-electron chi connectivity index (χ4n) is 1.07. The van der Waals surface area contributed by atoms with Crippen molar-refractivity contribution in [2.45, 2.75) is 22.7 Å². The van der Waals surface area contributed by atoms with Gasteiger partial charge in [-0.1, -0.05) is 18.2 Å². The minimum Gasteiger partial charge on any atom is -0.396 e. The third kappa shape index (κ3) is 4.13. The quantitative estimate of drug-likeness (QED) is 0.811. The van der Waals surface area contributed by atoms with Crippen LogP contribution in [0.5, 0.6) is 0 Å². The van der Waals surface area contributed by atoms with E-state index in [1.165, 1.54) is 0 Å². The van der Waals surface area contributed by atoms with Crippen molar-refractivity contribution >= 4 is 11.8 Å². The van der Waals surface area contributed by atoms with Crippen LogP contribution >= 0.6 is 11.8 Å². The molecular formula is C10H11F3OS. The Balaban J connectivity index is 2.67. The van der Waals surface area contributed by atoms with Crippen LogP contribution in [0.15, 0.2) is 35.2 Å². The number of aliphatic hydroxyl groups excluding tert-OH is 1. The van der Waals surface area contributed by atoms with Crippen molar-refractivity contribution in [1.82, 2.24) is 0 Å². The number of aliphatic hydroxyl groups is 1. The fourth-order valence-corrected chi connectivity index (χ4v) is 2.07. The molecule has 0 heterocycles. The van der Waals surface area contributed by atoms with Gasteiger partial charge in [-0.25, -0.2) is 0 Å². The Morgan fingerprint density at radius 3 is 2.27 bits per heavy atom. The zero-order valence-corrected chi connectivity index (χ0v) is 8.68. The van der Waals surface area contributed by atoms with Crippen LogP contribution in [-0.4, -0.2) is 23.1 Å². The number of hydrogen-bond acceptors (Lipinski definition) is 2. The molecule has 1 atom stereocenters. The normalized spacial score (nSPS) is 13.9. The van der Waals surface area contributed by atoms with Gasteiger partial charge in [0.05, 0.1) is 0 Å². The zero-order valence-electron chi connectivity index (χ0n) is 7.87. The van der Waals surface area contributed by atoms with Crippen molar-refractivity contribution in [2.24, 2.45) is 0 Å². The molecule has 1 unspecified atom stereocenters. The predicted octanol–water partition coefficient (Wildman–Crippen LogP) is 3.09. The van der Waals surface area contributed by atoms with Gasteiger partial charge in [0, 0.05) is 11.5 Å². The second kappa shape index (κ2) is 5.42. The lowest BCUT2D eigenvalue weighted by molar-refractivity contribution is -0.131. The number of thioether (sulfide) groups is 1. The summed E-state index contributed by atoms with van der Waals surface area (Å²) in [7, 11) is 0. The third-order valence-electron chi connectivity index (χ3n) is 1.78. The van der Waals surface area contributed by atoms with Gasteiger partial charge in [-0.05, 0) is 18.6 Å². The van der Waals surface area contributed by atoms with E-state index in [2.05, 4.69) is 0 Å². The van der Waals surface area contributed by atoms with Gasteiger partial charge in [0.2, 0.25) is 0 Å². The highest BCUT2D eigenvalue weighted by molar-refractivity contribution is 8.00. The molecule has 1 aromatic carbocycles. The smallest absolute Gasteiger partial charge is 0.396 e. The molecule has 5 heteroatoms. The summed E-state index contributed by atoms with van der Waals surface area (Å²) in [6.07, 6.45) is -4.55. The van der Waals surface area contributed by atoms with Gasteiger partial charge < -0.3 is 5.11 Å². The lowest BCUT2D eigenvalue weighted by atomic mass is 10.3. The van der Waals surface area contributed by atoms with Gasteiger partial charge in [0.1, 0.15) is 5.25 Å². The molecule has 0 aromatic heterocycles. The van der Waals surface area contributed by atoms with Crippen LogP contribution in [-0.2, 0) is 0 Å². The lowest BCUT2D eigenvalue weighted by Crippen LogP contribution is -2.26. The number of rotatable bonds is 4. The molecule has 0 saturated carbocycles. The van der Waals surface area contributed by atoms with Crippen LogP contribution in [0.25, 0.3) is 0 Å². The molecule has 0 radical (unpaired) electrons. The first-order chi connectivity index (χ1) is 7.04. The van der Waals surface area contributed by atoms with Crippen molar-refractivity contribution in [2.75, 3.05) is 6.61 Å². The van der Waals surface area contributed by atoms with E-state index >= 15 is 0 Å².